The number of carbonyl (C=O) groups is 1. The van der Waals surface area contributed by atoms with Crippen molar-refractivity contribution in [2.24, 2.45) is 11.8 Å². The van der Waals surface area contributed by atoms with E-state index in [1.54, 1.807) is 0 Å². The molecular weight excluding hydrogens is 369 g/mol. The third-order valence-electron chi connectivity index (χ3n) is 5.66. The van der Waals surface area contributed by atoms with Gasteiger partial charge in [-0.05, 0) is 43.3 Å². The van der Waals surface area contributed by atoms with Gasteiger partial charge in [0.1, 0.15) is 0 Å². The van der Waals surface area contributed by atoms with Crippen LogP contribution < -0.4 is 5.32 Å². The Hall–Kier alpha value is -0.810. The SMILES string of the molecule is CC(CC(=O)N1CCN(Cc2ccccc2)CC1)C1CCNCC1.Cl.Cl. The summed E-state index contributed by atoms with van der Waals surface area (Å²) >= 11 is 0. The monoisotopic (exact) mass is 401 g/mol. The molecular formula is C20H33Cl2N3O. The van der Waals surface area contributed by atoms with Gasteiger partial charge in [0.25, 0.3) is 0 Å². The number of nitrogens with zero attached hydrogens (tertiary/aromatic N) is 2. The molecule has 2 fully saturated rings. The van der Waals surface area contributed by atoms with E-state index in [0.717, 1.165) is 58.2 Å². The minimum Gasteiger partial charge on any atom is -0.340 e. The van der Waals surface area contributed by atoms with Gasteiger partial charge in [-0.1, -0.05) is 37.3 Å². The van der Waals surface area contributed by atoms with Crippen molar-refractivity contribution in [3.8, 4) is 0 Å². The number of rotatable bonds is 5. The second-order valence-corrected chi connectivity index (χ2v) is 7.41. The zero-order valence-corrected chi connectivity index (χ0v) is 17.4. The van der Waals surface area contributed by atoms with E-state index < -0.39 is 0 Å². The van der Waals surface area contributed by atoms with E-state index >= 15 is 0 Å². The van der Waals surface area contributed by atoms with Gasteiger partial charge in [-0.15, -0.1) is 24.8 Å². The van der Waals surface area contributed by atoms with Crippen LogP contribution in [0.5, 0.6) is 0 Å². The highest BCUT2D eigenvalue weighted by Gasteiger charge is 2.26. The molecule has 148 valence electrons. The summed E-state index contributed by atoms with van der Waals surface area (Å²) in [6.45, 7) is 9.22. The lowest BCUT2D eigenvalue weighted by molar-refractivity contribution is -0.134. The summed E-state index contributed by atoms with van der Waals surface area (Å²) in [5.74, 6) is 1.59. The highest BCUT2D eigenvalue weighted by atomic mass is 35.5. The maximum absolute atomic E-state index is 12.6. The maximum Gasteiger partial charge on any atom is 0.222 e. The molecule has 2 aliphatic heterocycles. The minimum absolute atomic E-state index is 0. The van der Waals surface area contributed by atoms with E-state index in [0.29, 0.717) is 11.8 Å². The Labute approximate surface area is 170 Å². The minimum atomic E-state index is 0. The van der Waals surface area contributed by atoms with Crippen molar-refractivity contribution < 1.29 is 4.79 Å². The standard InChI is InChI=1S/C20H31N3O.2ClH/c1-17(19-7-9-21-10-8-19)15-20(24)23-13-11-22(12-14-23)16-18-5-3-2-4-6-18;;/h2-6,17,19,21H,7-16H2,1H3;2*1H. The van der Waals surface area contributed by atoms with Crippen molar-refractivity contribution in [3.63, 3.8) is 0 Å². The molecule has 2 saturated heterocycles. The summed E-state index contributed by atoms with van der Waals surface area (Å²) in [5, 5.41) is 3.41. The molecule has 0 spiro atoms. The first kappa shape index (κ1) is 23.2. The highest BCUT2D eigenvalue weighted by Crippen LogP contribution is 2.25. The van der Waals surface area contributed by atoms with Crippen LogP contribution in [0.15, 0.2) is 30.3 Å². The fourth-order valence-corrected chi connectivity index (χ4v) is 3.98. The molecule has 1 aromatic carbocycles. The number of hydrogen-bond acceptors (Lipinski definition) is 3. The molecule has 1 aromatic rings. The Morgan fingerprint density at radius 1 is 1.08 bits per heavy atom. The lowest BCUT2D eigenvalue weighted by atomic mass is 9.84. The molecule has 0 saturated carbocycles. The van der Waals surface area contributed by atoms with E-state index in [2.05, 4.69) is 52.4 Å². The Kier molecular flexibility index (Phi) is 10.6. The third kappa shape index (κ3) is 6.73. The Balaban J connectivity index is 0.00000169. The number of carbonyl (C=O) groups excluding carboxylic acids is 1. The van der Waals surface area contributed by atoms with Gasteiger partial charge in [-0.25, -0.2) is 0 Å². The molecule has 0 radical (unpaired) electrons. The Morgan fingerprint density at radius 3 is 2.31 bits per heavy atom. The van der Waals surface area contributed by atoms with Crippen LogP contribution in [-0.2, 0) is 11.3 Å². The van der Waals surface area contributed by atoms with Gasteiger partial charge in [0, 0.05) is 39.1 Å². The maximum atomic E-state index is 12.6. The number of nitrogens with one attached hydrogen (secondary N) is 1. The summed E-state index contributed by atoms with van der Waals surface area (Å²) in [4.78, 5) is 17.1. The molecule has 2 aliphatic rings. The highest BCUT2D eigenvalue weighted by molar-refractivity contribution is 5.85. The molecule has 3 rings (SSSR count). The molecule has 1 unspecified atom stereocenters. The number of amides is 1. The summed E-state index contributed by atoms with van der Waals surface area (Å²) in [5.41, 5.74) is 1.36. The predicted octanol–water partition coefficient (Wildman–Crippen LogP) is 3.20. The van der Waals surface area contributed by atoms with Crippen molar-refractivity contribution in [1.82, 2.24) is 15.1 Å². The summed E-state index contributed by atoms with van der Waals surface area (Å²) in [7, 11) is 0. The molecule has 4 nitrogen and oxygen atoms in total. The average Bonchev–Trinajstić information content (AvgIpc) is 2.64. The number of benzene rings is 1. The van der Waals surface area contributed by atoms with Crippen molar-refractivity contribution in [3.05, 3.63) is 35.9 Å². The Morgan fingerprint density at radius 2 is 1.69 bits per heavy atom. The van der Waals surface area contributed by atoms with Gasteiger partial charge in [0.15, 0.2) is 0 Å². The quantitative estimate of drug-likeness (QED) is 0.822. The molecule has 1 amide bonds. The summed E-state index contributed by atoms with van der Waals surface area (Å²) < 4.78 is 0. The van der Waals surface area contributed by atoms with Gasteiger partial charge in [0.2, 0.25) is 5.91 Å². The van der Waals surface area contributed by atoms with Crippen LogP contribution in [0.25, 0.3) is 0 Å². The van der Waals surface area contributed by atoms with E-state index in [1.165, 1.54) is 18.4 Å². The van der Waals surface area contributed by atoms with Gasteiger partial charge >= 0.3 is 0 Å². The van der Waals surface area contributed by atoms with Gasteiger partial charge < -0.3 is 10.2 Å². The normalized spacial score (nSPS) is 20.0. The first-order valence-electron chi connectivity index (χ1n) is 9.47. The van der Waals surface area contributed by atoms with Crippen molar-refractivity contribution in [1.29, 1.82) is 0 Å². The van der Waals surface area contributed by atoms with Crippen LogP contribution in [0.1, 0.15) is 31.7 Å². The van der Waals surface area contributed by atoms with E-state index in [-0.39, 0.29) is 24.8 Å². The van der Waals surface area contributed by atoms with Crippen LogP contribution in [0.2, 0.25) is 0 Å². The van der Waals surface area contributed by atoms with Crippen LogP contribution in [0.4, 0.5) is 0 Å². The lowest BCUT2D eigenvalue weighted by Crippen LogP contribution is -2.48. The Bertz CT molecular complexity index is 515. The average molecular weight is 402 g/mol. The zero-order chi connectivity index (χ0) is 16.8. The van der Waals surface area contributed by atoms with Crippen LogP contribution in [0, 0.1) is 11.8 Å². The summed E-state index contributed by atoms with van der Waals surface area (Å²) in [6.07, 6.45) is 3.17. The van der Waals surface area contributed by atoms with E-state index in [1.807, 2.05) is 0 Å². The number of piperidine rings is 1. The fourth-order valence-electron chi connectivity index (χ4n) is 3.98. The summed E-state index contributed by atoms with van der Waals surface area (Å²) in [6, 6.07) is 10.6. The third-order valence-corrected chi connectivity index (χ3v) is 5.66. The zero-order valence-electron chi connectivity index (χ0n) is 15.7. The molecule has 1 N–H and O–H groups in total. The first-order valence-corrected chi connectivity index (χ1v) is 9.47. The predicted molar refractivity (Wildman–Crippen MR) is 112 cm³/mol. The molecule has 0 aliphatic carbocycles. The van der Waals surface area contributed by atoms with Crippen LogP contribution >= 0.6 is 24.8 Å². The molecule has 26 heavy (non-hydrogen) atoms. The molecule has 1 atom stereocenters. The van der Waals surface area contributed by atoms with E-state index in [4.69, 9.17) is 0 Å². The number of hydrogen-bond donors (Lipinski definition) is 1. The fraction of sp³-hybridized carbons (Fsp3) is 0.650. The van der Waals surface area contributed by atoms with Crippen molar-refractivity contribution in [2.45, 2.75) is 32.7 Å². The lowest BCUT2D eigenvalue weighted by Gasteiger charge is -2.36. The second kappa shape index (κ2) is 11.8. The molecule has 0 aromatic heterocycles. The first-order chi connectivity index (χ1) is 11.7. The van der Waals surface area contributed by atoms with Gasteiger partial charge in [-0.2, -0.15) is 0 Å². The van der Waals surface area contributed by atoms with Crippen molar-refractivity contribution >= 4 is 30.7 Å². The van der Waals surface area contributed by atoms with Gasteiger partial charge in [0.05, 0.1) is 0 Å². The largest absolute Gasteiger partial charge is 0.340 e. The topological polar surface area (TPSA) is 35.6 Å². The number of halogens is 2. The molecule has 2 heterocycles. The second-order valence-electron chi connectivity index (χ2n) is 7.41. The molecule has 6 heteroatoms. The molecule has 0 bridgehead atoms. The number of piperazine rings is 1. The van der Waals surface area contributed by atoms with Crippen LogP contribution in [0.3, 0.4) is 0 Å². The smallest absolute Gasteiger partial charge is 0.222 e. The van der Waals surface area contributed by atoms with Gasteiger partial charge in [-0.3, -0.25) is 9.69 Å². The van der Waals surface area contributed by atoms with Crippen molar-refractivity contribution in [2.75, 3.05) is 39.3 Å². The van der Waals surface area contributed by atoms with Crippen LogP contribution in [-0.4, -0.2) is 55.0 Å². The van der Waals surface area contributed by atoms with E-state index in [9.17, 15) is 4.79 Å².